The number of para-hydroxylation sites is 1. The van der Waals surface area contributed by atoms with Crippen LogP contribution in [-0.2, 0) is 17.8 Å². The molecule has 0 atom stereocenters. The van der Waals surface area contributed by atoms with Crippen LogP contribution >= 0.6 is 23.2 Å². The Morgan fingerprint density at radius 1 is 1.43 bits per heavy atom. The van der Waals surface area contributed by atoms with Crippen LogP contribution in [0.1, 0.15) is 26.1 Å². The maximum Gasteiger partial charge on any atom is 0.221 e. The van der Waals surface area contributed by atoms with Crippen LogP contribution in [0.15, 0.2) is 18.2 Å². The third-order valence-electron chi connectivity index (χ3n) is 3.14. The Hall–Kier alpha value is -1.26. The van der Waals surface area contributed by atoms with Crippen molar-refractivity contribution in [3.63, 3.8) is 0 Å². The van der Waals surface area contributed by atoms with Gasteiger partial charge in [-0.1, -0.05) is 17.7 Å². The summed E-state index contributed by atoms with van der Waals surface area (Å²) in [6, 6.07) is 5.82. The second-order valence-corrected chi connectivity index (χ2v) is 5.98. The molecule has 1 heterocycles. The zero-order valence-electron chi connectivity index (χ0n) is 12.2. The highest BCUT2D eigenvalue weighted by atomic mass is 35.5. The maximum atomic E-state index is 11.8. The monoisotopic (exact) mass is 327 g/mol. The molecule has 1 amide bonds. The summed E-state index contributed by atoms with van der Waals surface area (Å²) in [6.45, 7) is 4.47. The smallest absolute Gasteiger partial charge is 0.221 e. The number of nitrogens with zero attached hydrogens (tertiary/aromatic N) is 2. The summed E-state index contributed by atoms with van der Waals surface area (Å²) >= 11 is 12.0. The van der Waals surface area contributed by atoms with Crippen LogP contribution < -0.4 is 5.32 Å². The molecule has 1 aromatic carbocycles. The van der Waals surface area contributed by atoms with Gasteiger partial charge in [-0.05, 0) is 26.0 Å². The first-order valence-corrected chi connectivity index (χ1v) is 7.93. The minimum Gasteiger partial charge on any atom is -0.354 e. The fourth-order valence-electron chi connectivity index (χ4n) is 2.29. The molecule has 0 spiro atoms. The Bertz CT molecular complexity index is 637. The molecule has 0 fully saturated rings. The first-order chi connectivity index (χ1) is 10.0. The lowest BCUT2D eigenvalue weighted by molar-refractivity contribution is -0.121. The lowest BCUT2D eigenvalue weighted by Crippen LogP contribution is -2.30. The van der Waals surface area contributed by atoms with E-state index in [-0.39, 0.29) is 11.9 Å². The molecule has 0 bridgehead atoms. The summed E-state index contributed by atoms with van der Waals surface area (Å²) in [5.41, 5.74) is 1.71. The average Bonchev–Trinajstić information content (AvgIpc) is 2.75. The summed E-state index contributed by atoms with van der Waals surface area (Å²) < 4.78 is 2.03. The number of carbonyl (C=O) groups is 1. The first-order valence-electron chi connectivity index (χ1n) is 7.02. The van der Waals surface area contributed by atoms with E-state index in [1.54, 1.807) is 0 Å². The Morgan fingerprint density at radius 3 is 2.86 bits per heavy atom. The van der Waals surface area contributed by atoms with Crippen LogP contribution in [0.4, 0.5) is 0 Å². The second kappa shape index (κ2) is 7.14. The molecule has 2 aromatic rings. The zero-order valence-corrected chi connectivity index (χ0v) is 13.7. The highest BCUT2D eigenvalue weighted by Gasteiger charge is 2.13. The third-order valence-corrected chi connectivity index (χ3v) is 3.63. The number of benzene rings is 1. The van der Waals surface area contributed by atoms with Crippen LogP contribution in [0.2, 0.25) is 5.02 Å². The van der Waals surface area contributed by atoms with Gasteiger partial charge in [-0.25, -0.2) is 4.98 Å². The van der Waals surface area contributed by atoms with E-state index in [0.717, 1.165) is 16.9 Å². The van der Waals surface area contributed by atoms with Crippen molar-refractivity contribution < 1.29 is 4.79 Å². The lowest BCUT2D eigenvalue weighted by Gasteiger charge is -2.11. The maximum absolute atomic E-state index is 11.8. The molecule has 0 aliphatic heterocycles. The number of alkyl halides is 1. The third kappa shape index (κ3) is 3.89. The van der Waals surface area contributed by atoms with E-state index in [2.05, 4.69) is 10.3 Å². The molecule has 1 N–H and O–H groups in total. The number of hydrogen-bond donors (Lipinski definition) is 1. The Balaban J connectivity index is 2.26. The molecule has 0 saturated heterocycles. The van der Waals surface area contributed by atoms with E-state index < -0.39 is 0 Å². The highest BCUT2D eigenvalue weighted by molar-refractivity contribution is 6.34. The van der Waals surface area contributed by atoms with Gasteiger partial charge in [0.05, 0.1) is 10.5 Å². The molecule has 0 unspecified atom stereocenters. The normalized spacial score (nSPS) is 11.3. The van der Waals surface area contributed by atoms with Gasteiger partial charge in [-0.3, -0.25) is 4.79 Å². The van der Waals surface area contributed by atoms with Gasteiger partial charge < -0.3 is 9.88 Å². The Labute approximate surface area is 134 Å². The van der Waals surface area contributed by atoms with E-state index in [1.165, 1.54) is 0 Å². The van der Waals surface area contributed by atoms with Crippen LogP contribution in [0.25, 0.3) is 11.0 Å². The number of imidazole rings is 1. The number of halogens is 2. The Morgan fingerprint density at radius 2 is 2.19 bits per heavy atom. The molecular formula is C15H19Cl2N3O. The van der Waals surface area contributed by atoms with Gasteiger partial charge in [0.2, 0.25) is 5.91 Å². The number of fused-ring (bicyclic) bond motifs is 1. The predicted octanol–water partition coefficient (Wildman–Crippen LogP) is 3.39. The largest absolute Gasteiger partial charge is 0.354 e. The van der Waals surface area contributed by atoms with Crippen molar-refractivity contribution in [3.8, 4) is 0 Å². The van der Waals surface area contributed by atoms with Crippen molar-refractivity contribution >= 4 is 40.1 Å². The molecule has 1 aromatic heterocycles. The number of hydrogen-bond acceptors (Lipinski definition) is 2. The van der Waals surface area contributed by atoms with Crippen molar-refractivity contribution in [1.82, 2.24) is 14.9 Å². The first kappa shape index (κ1) is 16.1. The number of rotatable bonds is 6. The van der Waals surface area contributed by atoms with Gasteiger partial charge in [0.15, 0.2) is 0 Å². The van der Waals surface area contributed by atoms with Gasteiger partial charge in [0, 0.05) is 31.3 Å². The molecule has 4 nitrogen and oxygen atoms in total. The topological polar surface area (TPSA) is 46.9 Å². The standard InChI is InChI=1S/C15H19Cl2N3O/c1-10(2)18-14(21)7-9-20-12-5-3-4-11(17)15(12)19-13(20)6-8-16/h3-5,10H,6-9H2,1-2H3,(H,18,21). The predicted molar refractivity (Wildman–Crippen MR) is 87.1 cm³/mol. The number of nitrogens with one attached hydrogen (secondary N) is 1. The van der Waals surface area contributed by atoms with Crippen molar-refractivity contribution in [1.29, 1.82) is 0 Å². The van der Waals surface area contributed by atoms with Crippen molar-refractivity contribution in [3.05, 3.63) is 29.0 Å². The van der Waals surface area contributed by atoms with E-state index in [9.17, 15) is 4.79 Å². The average molecular weight is 328 g/mol. The SMILES string of the molecule is CC(C)NC(=O)CCn1c(CCCl)nc2c(Cl)cccc21. The van der Waals surface area contributed by atoms with E-state index in [1.807, 2.05) is 36.6 Å². The molecule has 0 saturated carbocycles. The lowest BCUT2D eigenvalue weighted by atomic mass is 10.3. The van der Waals surface area contributed by atoms with Gasteiger partial charge in [-0.15, -0.1) is 11.6 Å². The van der Waals surface area contributed by atoms with Crippen LogP contribution in [0, 0.1) is 0 Å². The van der Waals surface area contributed by atoms with Crippen molar-refractivity contribution in [2.24, 2.45) is 0 Å². The summed E-state index contributed by atoms with van der Waals surface area (Å²) in [4.78, 5) is 16.4. The second-order valence-electron chi connectivity index (χ2n) is 5.20. The number of aryl methyl sites for hydroxylation is 2. The minimum absolute atomic E-state index is 0.0331. The quantitative estimate of drug-likeness (QED) is 0.826. The molecule has 0 aliphatic rings. The molecule has 0 aliphatic carbocycles. The molecule has 114 valence electrons. The van der Waals surface area contributed by atoms with Gasteiger partial charge in [0.1, 0.15) is 11.3 Å². The van der Waals surface area contributed by atoms with Crippen LogP contribution in [0.5, 0.6) is 0 Å². The van der Waals surface area contributed by atoms with Gasteiger partial charge in [-0.2, -0.15) is 0 Å². The molecule has 21 heavy (non-hydrogen) atoms. The van der Waals surface area contributed by atoms with E-state index in [0.29, 0.717) is 30.3 Å². The summed E-state index contributed by atoms with van der Waals surface area (Å²) in [5, 5.41) is 3.51. The number of amides is 1. The number of carbonyl (C=O) groups excluding carboxylic acids is 1. The minimum atomic E-state index is 0.0331. The molecule has 2 rings (SSSR count). The van der Waals surface area contributed by atoms with Crippen LogP contribution in [-0.4, -0.2) is 27.4 Å². The van der Waals surface area contributed by atoms with Gasteiger partial charge in [0.25, 0.3) is 0 Å². The Kier molecular flexibility index (Phi) is 5.48. The molecule has 0 radical (unpaired) electrons. The highest BCUT2D eigenvalue weighted by Crippen LogP contribution is 2.24. The van der Waals surface area contributed by atoms with E-state index >= 15 is 0 Å². The van der Waals surface area contributed by atoms with Crippen LogP contribution in [0.3, 0.4) is 0 Å². The van der Waals surface area contributed by atoms with Crippen molar-refractivity contribution in [2.45, 2.75) is 39.3 Å². The fourth-order valence-corrected chi connectivity index (χ4v) is 2.67. The summed E-state index contributed by atoms with van der Waals surface area (Å²) in [7, 11) is 0. The molecular weight excluding hydrogens is 309 g/mol. The number of aromatic nitrogens is 2. The zero-order chi connectivity index (χ0) is 15.4. The van der Waals surface area contributed by atoms with E-state index in [4.69, 9.17) is 23.2 Å². The summed E-state index contributed by atoms with van der Waals surface area (Å²) in [6.07, 6.45) is 1.06. The fraction of sp³-hybridized carbons (Fsp3) is 0.467. The molecule has 6 heteroatoms. The van der Waals surface area contributed by atoms with Gasteiger partial charge >= 0.3 is 0 Å². The summed E-state index contributed by atoms with van der Waals surface area (Å²) in [5.74, 6) is 1.38. The van der Waals surface area contributed by atoms with Crippen molar-refractivity contribution in [2.75, 3.05) is 5.88 Å².